The van der Waals surface area contributed by atoms with E-state index in [2.05, 4.69) is 5.32 Å². The normalized spacial score (nSPS) is 17.6. The molecule has 1 unspecified atom stereocenters. The van der Waals surface area contributed by atoms with Crippen molar-refractivity contribution in [3.05, 3.63) is 35.4 Å². The van der Waals surface area contributed by atoms with Crippen LogP contribution < -0.4 is 5.32 Å². The van der Waals surface area contributed by atoms with Gasteiger partial charge in [-0.05, 0) is 37.6 Å². The molecule has 1 atom stereocenters. The quantitative estimate of drug-likeness (QED) is 0.793. The fraction of sp³-hybridized carbons (Fsp3) is 0.467. The van der Waals surface area contributed by atoms with Gasteiger partial charge in [0.15, 0.2) is 6.04 Å². The van der Waals surface area contributed by atoms with Crippen LogP contribution in [0.4, 0.5) is 0 Å². The summed E-state index contributed by atoms with van der Waals surface area (Å²) in [6, 6.07) is 6.63. The molecule has 2 rings (SSSR count). The maximum absolute atomic E-state index is 12.2. The van der Waals surface area contributed by atoms with E-state index >= 15 is 0 Å². The summed E-state index contributed by atoms with van der Waals surface area (Å²) >= 11 is 0. The van der Waals surface area contributed by atoms with Gasteiger partial charge >= 0.3 is 5.97 Å². The third-order valence-electron chi connectivity index (χ3n) is 3.66. The van der Waals surface area contributed by atoms with E-state index in [-0.39, 0.29) is 5.91 Å². The van der Waals surface area contributed by atoms with Gasteiger partial charge in [-0.25, -0.2) is 4.79 Å². The van der Waals surface area contributed by atoms with E-state index < -0.39 is 12.0 Å². The van der Waals surface area contributed by atoms with Crippen molar-refractivity contribution in [2.24, 2.45) is 0 Å². The van der Waals surface area contributed by atoms with Gasteiger partial charge in [-0.1, -0.05) is 24.3 Å². The number of carboxylic acids is 1. The SMILES string of the molecule is CNCCCC(=O)N1CCc2ccccc2C1C(=O)O. The second-order valence-electron chi connectivity index (χ2n) is 4.98. The summed E-state index contributed by atoms with van der Waals surface area (Å²) in [5, 5.41) is 12.5. The van der Waals surface area contributed by atoms with E-state index in [4.69, 9.17) is 0 Å². The van der Waals surface area contributed by atoms with Crippen molar-refractivity contribution < 1.29 is 14.7 Å². The Kier molecular flexibility index (Phi) is 4.74. The first kappa shape index (κ1) is 14.5. The van der Waals surface area contributed by atoms with Crippen molar-refractivity contribution in [2.45, 2.75) is 25.3 Å². The maximum Gasteiger partial charge on any atom is 0.331 e. The van der Waals surface area contributed by atoms with Crippen LogP contribution in [0.1, 0.15) is 30.0 Å². The predicted octanol–water partition coefficient (Wildman–Crippen LogP) is 1.20. The maximum atomic E-state index is 12.2. The zero-order chi connectivity index (χ0) is 14.5. The molecule has 2 N–H and O–H groups in total. The molecule has 5 nitrogen and oxygen atoms in total. The molecule has 1 aromatic rings. The highest BCUT2D eigenvalue weighted by Gasteiger charge is 2.35. The Morgan fingerprint density at radius 3 is 2.85 bits per heavy atom. The molecule has 0 saturated carbocycles. The number of amides is 1. The first-order valence-corrected chi connectivity index (χ1v) is 6.90. The Morgan fingerprint density at radius 1 is 1.40 bits per heavy atom. The summed E-state index contributed by atoms with van der Waals surface area (Å²) < 4.78 is 0. The highest BCUT2D eigenvalue weighted by Crippen LogP contribution is 2.30. The van der Waals surface area contributed by atoms with E-state index in [0.29, 0.717) is 13.0 Å². The summed E-state index contributed by atoms with van der Waals surface area (Å²) in [7, 11) is 1.83. The monoisotopic (exact) mass is 276 g/mol. The zero-order valence-corrected chi connectivity index (χ0v) is 11.6. The largest absolute Gasteiger partial charge is 0.479 e. The van der Waals surface area contributed by atoms with Crippen LogP contribution in [0.3, 0.4) is 0 Å². The number of nitrogens with one attached hydrogen (secondary N) is 1. The number of carbonyl (C=O) groups is 2. The molecule has 0 saturated heterocycles. The molecule has 0 bridgehead atoms. The Balaban J connectivity index is 2.18. The van der Waals surface area contributed by atoms with Gasteiger partial charge in [0, 0.05) is 13.0 Å². The smallest absolute Gasteiger partial charge is 0.331 e. The summed E-state index contributed by atoms with van der Waals surface area (Å²) in [6.45, 7) is 1.24. The number of nitrogens with zero attached hydrogens (tertiary/aromatic N) is 1. The minimum atomic E-state index is -0.959. The Bertz CT molecular complexity index is 502. The number of rotatable bonds is 5. The van der Waals surface area contributed by atoms with Gasteiger partial charge in [0.25, 0.3) is 0 Å². The number of hydrogen-bond acceptors (Lipinski definition) is 3. The Hall–Kier alpha value is -1.88. The van der Waals surface area contributed by atoms with Crippen molar-refractivity contribution in [1.82, 2.24) is 10.2 Å². The lowest BCUT2D eigenvalue weighted by Crippen LogP contribution is -2.43. The molecule has 1 amide bonds. The van der Waals surface area contributed by atoms with Gasteiger partial charge in [0.2, 0.25) is 5.91 Å². The molecule has 0 aliphatic carbocycles. The number of aliphatic carboxylic acids is 1. The zero-order valence-electron chi connectivity index (χ0n) is 11.6. The molecule has 5 heteroatoms. The average Bonchev–Trinajstić information content (AvgIpc) is 2.45. The lowest BCUT2D eigenvalue weighted by Gasteiger charge is -2.34. The molecule has 1 heterocycles. The highest BCUT2D eigenvalue weighted by molar-refractivity contribution is 5.85. The van der Waals surface area contributed by atoms with E-state index in [1.165, 1.54) is 4.90 Å². The molecule has 0 aromatic heterocycles. The van der Waals surface area contributed by atoms with Crippen LogP contribution in [0.15, 0.2) is 24.3 Å². The number of hydrogen-bond donors (Lipinski definition) is 2. The van der Waals surface area contributed by atoms with Gasteiger partial charge < -0.3 is 15.3 Å². The fourth-order valence-corrected chi connectivity index (χ4v) is 2.66. The van der Waals surface area contributed by atoms with Crippen molar-refractivity contribution >= 4 is 11.9 Å². The lowest BCUT2D eigenvalue weighted by molar-refractivity contribution is -0.151. The molecule has 0 spiro atoms. The summed E-state index contributed by atoms with van der Waals surface area (Å²) in [4.78, 5) is 25.3. The third kappa shape index (κ3) is 2.99. The van der Waals surface area contributed by atoms with Gasteiger partial charge in [0.1, 0.15) is 0 Å². The van der Waals surface area contributed by atoms with Crippen molar-refractivity contribution in [3.63, 3.8) is 0 Å². The average molecular weight is 276 g/mol. The molecule has 1 aliphatic rings. The van der Waals surface area contributed by atoms with Crippen LogP contribution in [-0.2, 0) is 16.0 Å². The van der Waals surface area contributed by atoms with Crippen molar-refractivity contribution in [2.75, 3.05) is 20.1 Å². The molecule has 0 fully saturated rings. The second-order valence-corrected chi connectivity index (χ2v) is 4.98. The van der Waals surface area contributed by atoms with Crippen LogP contribution in [0, 0.1) is 0 Å². The summed E-state index contributed by atoms with van der Waals surface area (Å²) in [5.74, 6) is -1.04. The van der Waals surface area contributed by atoms with Crippen LogP contribution in [-0.4, -0.2) is 42.0 Å². The van der Waals surface area contributed by atoms with Crippen LogP contribution >= 0.6 is 0 Å². The fourth-order valence-electron chi connectivity index (χ4n) is 2.66. The van der Waals surface area contributed by atoms with Gasteiger partial charge in [-0.3, -0.25) is 4.79 Å². The Labute approximate surface area is 118 Å². The van der Waals surface area contributed by atoms with Gasteiger partial charge in [0.05, 0.1) is 0 Å². The predicted molar refractivity (Wildman–Crippen MR) is 75.4 cm³/mol. The molecule has 0 radical (unpaired) electrons. The lowest BCUT2D eigenvalue weighted by atomic mass is 9.92. The third-order valence-corrected chi connectivity index (χ3v) is 3.66. The van der Waals surface area contributed by atoms with E-state index in [1.54, 1.807) is 6.07 Å². The minimum absolute atomic E-state index is 0.0813. The molecular formula is C15H20N2O3. The van der Waals surface area contributed by atoms with Crippen molar-refractivity contribution in [3.8, 4) is 0 Å². The molecule has 108 valence electrons. The summed E-state index contributed by atoms with van der Waals surface area (Å²) in [5.41, 5.74) is 1.77. The van der Waals surface area contributed by atoms with E-state index in [9.17, 15) is 14.7 Å². The first-order chi connectivity index (χ1) is 9.65. The highest BCUT2D eigenvalue weighted by atomic mass is 16.4. The minimum Gasteiger partial charge on any atom is -0.479 e. The molecule has 20 heavy (non-hydrogen) atoms. The molecule has 1 aromatic carbocycles. The van der Waals surface area contributed by atoms with E-state index in [1.807, 2.05) is 25.2 Å². The topological polar surface area (TPSA) is 69.6 Å². The van der Waals surface area contributed by atoms with Gasteiger partial charge in [-0.15, -0.1) is 0 Å². The first-order valence-electron chi connectivity index (χ1n) is 6.90. The van der Waals surface area contributed by atoms with Crippen LogP contribution in [0.5, 0.6) is 0 Å². The molecule has 1 aliphatic heterocycles. The number of carboxylic acid groups (broad SMARTS) is 1. The second kappa shape index (κ2) is 6.52. The van der Waals surface area contributed by atoms with Crippen LogP contribution in [0.2, 0.25) is 0 Å². The molecular weight excluding hydrogens is 256 g/mol. The number of benzene rings is 1. The van der Waals surface area contributed by atoms with Crippen molar-refractivity contribution in [1.29, 1.82) is 0 Å². The standard InChI is InChI=1S/C15H20N2O3/c1-16-9-4-7-13(18)17-10-8-11-5-2-3-6-12(11)14(17)15(19)20/h2-3,5-6,14,16H,4,7-10H2,1H3,(H,19,20). The van der Waals surface area contributed by atoms with E-state index in [0.717, 1.165) is 30.5 Å². The Morgan fingerprint density at radius 2 is 2.15 bits per heavy atom. The van der Waals surface area contributed by atoms with Gasteiger partial charge in [-0.2, -0.15) is 0 Å². The number of carbonyl (C=O) groups excluding carboxylic acids is 1. The number of fused-ring (bicyclic) bond motifs is 1. The summed E-state index contributed by atoms with van der Waals surface area (Å²) in [6.07, 6.45) is 1.82. The van der Waals surface area contributed by atoms with Crippen LogP contribution in [0.25, 0.3) is 0 Å².